The van der Waals surface area contributed by atoms with E-state index in [-0.39, 0.29) is 0 Å². The predicted octanol–water partition coefficient (Wildman–Crippen LogP) is 3.20. The van der Waals surface area contributed by atoms with Crippen LogP contribution in [0.5, 0.6) is 0 Å². The molecule has 1 aliphatic carbocycles. The number of ketones is 1. The second kappa shape index (κ2) is 6.26. The van der Waals surface area contributed by atoms with Gasteiger partial charge in [-0.3, -0.25) is 4.79 Å². The summed E-state index contributed by atoms with van der Waals surface area (Å²) in [6, 6.07) is 0. The van der Waals surface area contributed by atoms with Gasteiger partial charge >= 0.3 is 0 Å². The van der Waals surface area contributed by atoms with Crippen LogP contribution in [-0.2, 0) is 9.53 Å². The fourth-order valence-corrected chi connectivity index (χ4v) is 2.41. The average molecular weight is 212 g/mol. The summed E-state index contributed by atoms with van der Waals surface area (Å²) >= 11 is 0. The Morgan fingerprint density at radius 1 is 1.27 bits per heavy atom. The van der Waals surface area contributed by atoms with Crippen molar-refractivity contribution in [2.45, 2.75) is 59.0 Å². The fourth-order valence-electron chi connectivity index (χ4n) is 2.41. The van der Waals surface area contributed by atoms with Gasteiger partial charge in [-0.25, -0.2) is 0 Å². The van der Waals surface area contributed by atoms with Crippen molar-refractivity contribution in [1.82, 2.24) is 0 Å². The van der Waals surface area contributed by atoms with Gasteiger partial charge in [-0.15, -0.1) is 0 Å². The van der Waals surface area contributed by atoms with Crippen LogP contribution in [0.4, 0.5) is 0 Å². The maximum Gasteiger partial charge on any atom is 0.136 e. The Morgan fingerprint density at radius 3 is 2.33 bits per heavy atom. The van der Waals surface area contributed by atoms with Crippen LogP contribution in [0.3, 0.4) is 0 Å². The van der Waals surface area contributed by atoms with E-state index in [2.05, 4.69) is 13.8 Å². The van der Waals surface area contributed by atoms with Gasteiger partial charge in [0.15, 0.2) is 0 Å². The van der Waals surface area contributed by atoms with E-state index in [0.717, 1.165) is 38.7 Å². The second-order valence-corrected chi connectivity index (χ2v) is 4.60. The van der Waals surface area contributed by atoms with Gasteiger partial charge in [0.2, 0.25) is 0 Å². The Labute approximate surface area is 93.4 Å². The van der Waals surface area contributed by atoms with Gasteiger partial charge < -0.3 is 4.74 Å². The highest BCUT2D eigenvalue weighted by Gasteiger charge is 2.32. The third kappa shape index (κ3) is 3.60. The molecule has 0 unspecified atom stereocenters. The third-order valence-electron chi connectivity index (χ3n) is 3.53. The average Bonchev–Trinajstić information content (AvgIpc) is 2.16. The number of rotatable bonds is 7. The zero-order valence-electron chi connectivity index (χ0n) is 10.3. The van der Waals surface area contributed by atoms with E-state index in [9.17, 15) is 4.79 Å². The molecule has 0 aromatic carbocycles. The first-order valence-corrected chi connectivity index (χ1v) is 6.35. The first-order valence-electron chi connectivity index (χ1n) is 6.35. The van der Waals surface area contributed by atoms with E-state index in [0.29, 0.717) is 23.7 Å². The highest BCUT2D eigenvalue weighted by Crippen LogP contribution is 2.34. The Balaban J connectivity index is 2.18. The number of ether oxygens (including phenoxy) is 1. The van der Waals surface area contributed by atoms with Crippen LogP contribution in [0.25, 0.3) is 0 Å². The summed E-state index contributed by atoms with van der Waals surface area (Å²) in [5.41, 5.74) is 0. The van der Waals surface area contributed by atoms with Crippen LogP contribution >= 0.6 is 0 Å². The Kier molecular flexibility index (Phi) is 5.30. The standard InChI is InChI=1S/C13H24O2/c1-4-11(5-2)13(14)9-10-7-12(8-10)15-6-3/h10-12H,4-9H2,1-3H3. The molecule has 0 amide bonds. The Bertz CT molecular complexity index is 191. The molecule has 1 saturated carbocycles. The lowest BCUT2D eigenvalue weighted by Gasteiger charge is -2.35. The SMILES string of the molecule is CCOC1CC(CC(=O)C(CC)CC)C1. The molecule has 15 heavy (non-hydrogen) atoms. The summed E-state index contributed by atoms with van der Waals surface area (Å²) in [4.78, 5) is 11.8. The van der Waals surface area contributed by atoms with Crippen molar-refractivity contribution in [3.05, 3.63) is 0 Å². The van der Waals surface area contributed by atoms with Crippen molar-refractivity contribution in [3.8, 4) is 0 Å². The minimum Gasteiger partial charge on any atom is -0.378 e. The summed E-state index contributed by atoms with van der Waals surface area (Å²) in [5.74, 6) is 1.38. The molecule has 1 fully saturated rings. The van der Waals surface area contributed by atoms with Gasteiger partial charge in [0, 0.05) is 18.9 Å². The Morgan fingerprint density at radius 2 is 1.87 bits per heavy atom. The van der Waals surface area contributed by atoms with Crippen LogP contribution in [0, 0.1) is 11.8 Å². The minimum absolute atomic E-state index is 0.302. The van der Waals surface area contributed by atoms with E-state index >= 15 is 0 Å². The molecule has 0 spiro atoms. The lowest BCUT2D eigenvalue weighted by Crippen LogP contribution is -2.33. The quantitative estimate of drug-likeness (QED) is 0.648. The van der Waals surface area contributed by atoms with Gasteiger partial charge in [0.25, 0.3) is 0 Å². The van der Waals surface area contributed by atoms with Crippen molar-refractivity contribution >= 4 is 5.78 Å². The maximum atomic E-state index is 11.8. The normalized spacial score (nSPS) is 25.3. The molecule has 1 aliphatic rings. The highest BCUT2D eigenvalue weighted by molar-refractivity contribution is 5.81. The van der Waals surface area contributed by atoms with E-state index < -0.39 is 0 Å². The van der Waals surface area contributed by atoms with Crippen LogP contribution < -0.4 is 0 Å². The molecule has 1 rings (SSSR count). The van der Waals surface area contributed by atoms with Crippen molar-refractivity contribution in [2.24, 2.45) is 11.8 Å². The molecule has 2 nitrogen and oxygen atoms in total. The minimum atomic E-state index is 0.302. The molecule has 0 atom stereocenters. The molecule has 0 aromatic heterocycles. The number of hydrogen-bond acceptors (Lipinski definition) is 2. The van der Waals surface area contributed by atoms with Crippen LogP contribution in [0.15, 0.2) is 0 Å². The summed E-state index contributed by atoms with van der Waals surface area (Å²) < 4.78 is 5.49. The van der Waals surface area contributed by atoms with Crippen LogP contribution in [0.1, 0.15) is 52.9 Å². The van der Waals surface area contributed by atoms with E-state index in [1.54, 1.807) is 0 Å². The van der Waals surface area contributed by atoms with Gasteiger partial charge in [-0.1, -0.05) is 13.8 Å². The van der Waals surface area contributed by atoms with Gasteiger partial charge in [-0.05, 0) is 38.5 Å². The molecule has 0 N–H and O–H groups in total. The molecular formula is C13H24O2. The summed E-state index contributed by atoms with van der Waals surface area (Å²) in [6.45, 7) is 7.05. The van der Waals surface area contributed by atoms with E-state index in [1.807, 2.05) is 6.92 Å². The molecule has 0 aromatic rings. The summed E-state index contributed by atoms with van der Waals surface area (Å²) in [5, 5.41) is 0. The molecule has 0 radical (unpaired) electrons. The van der Waals surface area contributed by atoms with Crippen molar-refractivity contribution in [2.75, 3.05) is 6.61 Å². The summed E-state index contributed by atoms with van der Waals surface area (Å²) in [7, 11) is 0. The lowest BCUT2D eigenvalue weighted by molar-refractivity contribution is -0.126. The fraction of sp³-hybridized carbons (Fsp3) is 0.923. The summed E-state index contributed by atoms with van der Waals surface area (Å²) in [6.07, 6.45) is 5.41. The monoisotopic (exact) mass is 212 g/mol. The van der Waals surface area contributed by atoms with Crippen molar-refractivity contribution in [1.29, 1.82) is 0 Å². The van der Waals surface area contributed by atoms with Gasteiger partial charge in [-0.2, -0.15) is 0 Å². The largest absolute Gasteiger partial charge is 0.378 e. The number of hydrogen-bond donors (Lipinski definition) is 0. The highest BCUT2D eigenvalue weighted by atomic mass is 16.5. The van der Waals surface area contributed by atoms with Crippen LogP contribution in [0.2, 0.25) is 0 Å². The van der Waals surface area contributed by atoms with Crippen LogP contribution in [-0.4, -0.2) is 18.5 Å². The molecule has 88 valence electrons. The lowest BCUT2D eigenvalue weighted by atomic mass is 9.77. The van der Waals surface area contributed by atoms with Gasteiger partial charge in [0.1, 0.15) is 5.78 Å². The zero-order chi connectivity index (χ0) is 11.3. The molecule has 0 heterocycles. The van der Waals surface area contributed by atoms with Crippen molar-refractivity contribution < 1.29 is 9.53 Å². The third-order valence-corrected chi connectivity index (χ3v) is 3.53. The topological polar surface area (TPSA) is 26.3 Å². The van der Waals surface area contributed by atoms with E-state index in [4.69, 9.17) is 4.74 Å². The molecule has 0 aliphatic heterocycles. The number of carbonyl (C=O) groups is 1. The number of carbonyl (C=O) groups excluding carboxylic acids is 1. The molecule has 0 saturated heterocycles. The predicted molar refractivity (Wildman–Crippen MR) is 61.8 cm³/mol. The Hall–Kier alpha value is -0.370. The van der Waals surface area contributed by atoms with E-state index in [1.165, 1.54) is 0 Å². The smallest absolute Gasteiger partial charge is 0.136 e. The molecular weight excluding hydrogens is 188 g/mol. The first kappa shape index (κ1) is 12.7. The molecule has 2 heteroatoms. The molecule has 0 bridgehead atoms. The maximum absolute atomic E-state index is 11.8. The second-order valence-electron chi connectivity index (χ2n) is 4.60. The number of Topliss-reactive ketones (excluding diaryl/α,β-unsaturated/α-hetero) is 1. The zero-order valence-corrected chi connectivity index (χ0v) is 10.3. The van der Waals surface area contributed by atoms with Crippen molar-refractivity contribution in [3.63, 3.8) is 0 Å². The first-order chi connectivity index (χ1) is 7.21. The van der Waals surface area contributed by atoms with Gasteiger partial charge in [0.05, 0.1) is 6.10 Å².